The molecular formula is C18H27N3O3. The fourth-order valence-corrected chi connectivity index (χ4v) is 3.38. The summed E-state index contributed by atoms with van der Waals surface area (Å²) in [6.07, 6.45) is 8.43. The molecule has 0 unspecified atom stereocenters. The SMILES string of the molecule is Cc1cccnc1CNC(=O)NC[C@H]1COC2(CCCCCC2)O1. The van der Waals surface area contributed by atoms with Gasteiger partial charge in [0.2, 0.25) is 0 Å². The predicted molar refractivity (Wildman–Crippen MR) is 90.5 cm³/mol. The Morgan fingerprint density at radius 1 is 1.29 bits per heavy atom. The fraction of sp³-hybridized carbons (Fsp3) is 0.667. The van der Waals surface area contributed by atoms with Gasteiger partial charge < -0.3 is 20.1 Å². The molecular weight excluding hydrogens is 306 g/mol. The number of aryl methyl sites for hydroxylation is 1. The Bertz CT molecular complexity index is 556. The molecule has 24 heavy (non-hydrogen) atoms. The highest BCUT2D eigenvalue weighted by Crippen LogP contribution is 2.36. The van der Waals surface area contributed by atoms with Crippen LogP contribution in [0.25, 0.3) is 0 Å². The minimum absolute atomic E-state index is 0.0644. The second kappa shape index (κ2) is 7.94. The second-order valence-corrected chi connectivity index (χ2v) is 6.71. The molecule has 1 saturated carbocycles. The largest absolute Gasteiger partial charge is 0.347 e. The summed E-state index contributed by atoms with van der Waals surface area (Å²) < 4.78 is 12.1. The molecule has 1 atom stereocenters. The summed E-state index contributed by atoms with van der Waals surface area (Å²) in [6.45, 7) is 3.43. The summed E-state index contributed by atoms with van der Waals surface area (Å²) in [4.78, 5) is 16.2. The van der Waals surface area contributed by atoms with E-state index in [0.717, 1.165) is 36.9 Å². The molecule has 2 amide bonds. The number of nitrogens with zero attached hydrogens (tertiary/aromatic N) is 1. The average Bonchev–Trinajstić information content (AvgIpc) is 2.84. The third-order valence-corrected chi connectivity index (χ3v) is 4.80. The summed E-state index contributed by atoms with van der Waals surface area (Å²) in [5.74, 6) is -0.398. The van der Waals surface area contributed by atoms with Gasteiger partial charge in [0, 0.05) is 25.6 Å². The second-order valence-electron chi connectivity index (χ2n) is 6.71. The van der Waals surface area contributed by atoms with Crippen LogP contribution in [0.2, 0.25) is 0 Å². The van der Waals surface area contributed by atoms with E-state index in [9.17, 15) is 4.79 Å². The summed E-state index contributed by atoms with van der Waals surface area (Å²) in [5, 5.41) is 5.70. The molecule has 1 aromatic heterocycles. The van der Waals surface area contributed by atoms with Gasteiger partial charge in [-0.15, -0.1) is 0 Å². The van der Waals surface area contributed by atoms with E-state index in [-0.39, 0.29) is 12.1 Å². The lowest BCUT2D eigenvalue weighted by Gasteiger charge is -2.26. The standard InChI is InChI=1S/C18H27N3O3/c1-14-7-6-10-19-16(14)12-21-17(22)20-11-15-13-23-18(24-15)8-4-2-3-5-9-18/h6-7,10,15H,2-5,8-9,11-13H2,1H3,(H2,20,21,22)/t15-/m0/s1. The Balaban J connectivity index is 1.40. The first-order valence-electron chi connectivity index (χ1n) is 8.91. The lowest BCUT2D eigenvalue weighted by molar-refractivity contribution is -0.175. The van der Waals surface area contributed by atoms with E-state index >= 15 is 0 Å². The lowest BCUT2D eigenvalue weighted by Crippen LogP contribution is -2.41. The van der Waals surface area contributed by atoms with Crippen LogP contribution in [0.15, 0.2) is 18.3 Å². The maximum Gasteiger partial charge on any atom is 0.315 e. The van der Waals surface area contributed by atoms with Gasteiger partial charge in [-0.3, -0.25) is 4.98 Å². The Hall–Kier alpha value is -1.66. The first-order valence-corrected chi connectivity index (χ1v) is 8.91. The molecule has 6 nitrogen and oxygen atoms in total. The van der Waals surface area contributed by atoms with Crippen molar-refractivity contribution < 1.29 is 14.3 Å². The van der Waals surface area contributed by atoms with Crippen molar-refractivity contribution in [2.45, 2.75) is 63.9 Å². The van der Waals surface area contributed by atoms with E-state index in [1.165, 1.54) is 12.8 Å². The highest BCUT2D eigenvalue weighted by Gasteiger charge is 2.41. The molecule has 132 valence electrons. The molecule has 0 aromatic carbocycles. The smallest absolute Gasteiger partial charge is 0.315 e. The number of aromatic nitrogens is 1. The molecule has 2 heterocycles. The Morgan fingerprint density at radius 2 is 2.08 bits per heavy atom. The zero-order valence-corrected chi connectivity index (χ0v) is 14.3. The van der Waals surface area contributed by atoms with Gasteiger partial charge in [-0.1, -0.05) is 18.9 Å². The van der Waals surface area contributed by atoms with Crippen molar-refractivity contribution in [2.75, 3.05) is 13.2 Å². The van der Waals surface area contributed by atoms with Crippen molar-refractivity contribution in [3.05, 3.63) is 29.6 Å². The van der Waals surface area contributed by atoms with Crippen LogP contribution in [-0.2, 0) is 16.0 Å². The number of carbonyl (C=O) groups excluding carboxylic acids is 1. The van der Waals surface area contributed by atoms with E-state index in [0.29, 0.717) is 19.7 Å². The van der Waals surface area contributed by atoms with Gasteiger partial charge in [-0.25, -0.2) is 4.79 Å². The van der Waals surface area contributed by atoms with E-state index in [2.05, 4.69) is 15.6 Å². The predicted octanol–water partition coefficient (Wildman–Crippen LogP) is 2.66. The topological polar surface area (TPSA) is 72.5 Å². The van der Waals surface area contributed by atoms with Crippen molar-refractivity contribution in [1.29, 1.82) is 0 Å². The van der Waals surface area contributed by atoms with Gasteiger partial charge >= 0.3 is 6.03 Å². The number of carbonyl (C=O) groups is 1. The number of nitrogens with one attached hydrogen (secondary N) is 2. The van der Waals surface area contributed by atoms with Gasteiger partial charge in [0.05, 0.1) is 18.8 Å². The van der Waals surface area contributed by atoms with Crippen LogP contribution in [0.3, 0.4) is 0 Å². The Kier molecular flexibility index (Phi) is 5.68. The molecule has 2 fully saturated rings. The zero-order chi connectivity index (χ0) is 16.8. The number of urea groups is 1. The molecule has 1 aliphatic carbocycles. The van der Waals surface area contributed by atoms with Crippen LogP contribution in [0.5, 0.6) is 0 Å². The van der Waals surface area contributed by atoms with Crippen molar-refractivity contribution in [3.8, 4) is 0 Å². The van der Waals surface area contributed by atoms with Crippen molar-refractivity contribution in [3.63, 3.8) is 0 Å². The van der Waals surface area contributed by atoms with E-state index in [1.54, 1.807) is 6.20 Å². The van der Waals surface area contributed by atoms with Gasteiger partial charge in [0.1, 0.15) is 6.10 Å². The third-order valence-electron chi connectivity index (χ3n) is 4.80. The molecule has 1 aliphatic heterocycles. The summed E-state index contributed by atoms with van der Waals surface area (Å²) >= 11 is 0. The lowest BCUT2D eigenvalue weighted by atomic mass is 10.1. The minimum atomic E-state index is -0.398. The zero-order valence-electron chi connectivity index (χ0n) is 14.3. The van der Waals surface area contributed by atoms with Crippen molar-refractivity contribution in [1.82, 2.24) is 15.6 Å². The number of rotatable bonds is 4. The Labute approximate surface area is 143 Å². The first-order chi connectivity index (χ1) is 11.7. The van der Waals surface area contributed by atoms with Gasteiger partial charge in [-0.05, 0) is 31.4 Å². The molecule has 1 aromatic rings. The maximum atomic E-state index is 12.0. The van der Waals surface area contributed by atoms with E-state index < -0.39 is 5.79 Å². The fourth-order valence-electron chi connectivity index (χ4n) is 3.38. The normalized spacial score (nSPS) is 23.0. The summed E-state index contributed by atoms with van der Waals surface area (Å²) in [5.41, 5.74) is 1.95. The monoisotopic (exact) mass is 333 g/mol. The van der Waals surface area contributed by atoms with Crippen LogP contribution >= 0.6 is 0 Å². The van der Waals surface area contributed by atoms with Gasteiger partial charge in [0.25, 0.3) is 0 Å². The molecule has 6 heteroatoms. The maximum absolute atomic E-state index is 12.0. The first kappa shape index (κ1) is 17.2. The quantitative estimate of drug-likeness (QED) is 0.888. The molecule has 3 rings (SSSR count). The van der Waals surface area contributed by atoms with Crippen LogP contribution in [0.1, 0.15) is 49.8 Å². The number of hydrogen-bond donors (Lipinski definition) is 2. The molecule has 1 saturated heterocycles. The minimum Gasteiger partial charge on any atom is -0.347 e. The number of ether oxygens (including phenoxy) is 2. The van der Waals surface area contributed by atoms with Crippen LogP contribution in [0, 0.1) is 6.92 Å². The average molecular weight is 333 g/mol. The van der Waals surface area contributed by atoms with Crippen LogP contribution in [0.4, 0.5) is 4.79 Å². The number of pyridine rings is 1. The molecule has 2 aliphatic rings. The third kappa shape index (κ3) is 4.45. The van der Waals surface area contributed by atoms with Gasteiger partial charge in [0.15, 0.2) is 5.79 Å². The van der Waals surface area contributed by atoms with E-state index in [1.807, 2.05) is 19.1 Å². The molecule has 0 radical (unpaired) electrons. The van der Waals surface area contributed by atoms with Crippen LogP contribution in [-0.4, -0.2) is 36.1 Å². The highest BCUT2D eigenvalue weighted by atomic mass is 16.7. The molecule has 1 spiro atoms. The number of hydrogen-bond acceptors (Lipinski definition) is 4. The highest BCUT2D eigenvalue weighted by molar-refractivity contribution is 5.73. The summed E-state index contributed by atoms with van der Waals surface area (Å²) in [6, 6.07) is 3.67. The molecule has 0 bridgehead atoms. The van der Waals surface area contributed by atoms with Gasteiger partial charge in [-0.2, -0.15) is 0 Å². The number of amides is 2. The van der Waals surface area contributed by atoms with Crippen molar-refractivity contribution >= 4 is 6.03 Å². The van der Waals surface area contributed by atoms with E-state index in [4.69, 9.17) is 9.47 Å². The summed E-state index contributed by atoms with van der Waals surface area (Å²) in [7, 11) is 0. The van der Waals surface area contributed by atoms with Crippen LogP contribution < -0.4 is 10.6 Å². The van der Waals surface area contributed by atoms with Crippen molar-refractivity contribution in [2.24, 2.45) is 0 Å². The Morgan fingerprint density at radius 3 is 2.83 bits per heavy atom. The molecule has 2 N–H and O–H groups in total.